The molecule has 0 fully saturated rings. The first-order chi connectivity index (χ1) is 10.6. The molecule has 0 bridgehead atoms. The van der Waals surface area contributed by atoms with E-state index in [2.05, 4.69) is 5.32 Å². The van der Waals surface area contributed by atoms with Gasteiger partial charge in [0.05, 0.1) is 24.8 Å². The number of rotatable bonds is 7. The molecule has 0 amide bonds. The molecule has 0 aliphatic carbocycles. The van der Waals surface area contributed by atoms with Crippen molar-refractivity contribution >= 4 is 18.4 Å². The third-order valence-electron chi connectivity index (χ3n) is 3.08. The van der Waals surface area contributed by atoms with Crippen LogP contribution in [0.1, 0.15) is 30.0 Å². The summed E-state index contributed by atoms with van der Waals surface area (Å²) in [5.41, 5.74) is 1.42. The van der Waals surface area contributed by atoms with Gasteiger partial charge in [-0.25, -0.2) is 4.79 Å². The summed E-state index contributed by atoms with van der Waals surface area (Å²) < 4.78 is 10.7. The number of hydrogen-bond donors (Lipinski definition) is 2. The molecule has 0 saturated carbocycles. The lowest BCUT2D eigenvalue weighted by Gasteiger charge is -2.05. The zero-order chi connectivity index (χ0) is 15.9. The molecule has 5 nitrogen and oxygen atoms in total. The van der Waals surface area contributed by atoms with Crippen molar-refractivity contribution < 1.29 is 19.1 Å². The van der Waals surface area contributed by atoms with Crippen LogP contribution in [0.4, 0.5) is 0 Å². The Kier molecular flexibility index (Phi) is 7.81. The van der Waals surface area contributed by atoms with Gasteiger partial charge in [-0.1, -0.05) is 12.1 Å². The van der Waals surface area contributed by atoms with Crippen LogP contribution >= 0.6 is 12.4 Å². The molecule has 0 radical (unpaired) electrons. The zero-order valence-electron chi connectivity index (χ0n) is 13.2. The Morgan fingerprint density at radius 1 is 1.26 bits per heavy atom. The lowest BCUT2D eigenvalue weighted by atomic mass is 10.1. The number of hydrogen-bond acceptors (Lipinski definition) is 5. The van der Waals surface area contributed by atoms with E-state index in [1.807, 2.05) is 24.3 Å². The molecule has 1 aromatic carbocycles. The Bertz CT molecular complexity index is 607. The fourth-order valence-corrected chi connectivity index (χ4v) is 2.02. The summed E-state index contributed by atoms with van der Waals surface area (Å²) in [4.78, 5) is 11.6. The second-order valence-corrected chi connectivity index (χ2v) is 5.04. The quantitative estimate of drug-likeness (QED) is 0.759. The minimum atomic E-state index is -0.384. The summed E-state index contributed by atoms with van der Waals surface area (Å²) in [5, 5.41) is 12.3. The average molecular weight is 340 g/mol. The van der Waals surface area contributed by atoms with Crippen LogP contribution in [0.5, 0.6) is 0 Å². The predicted octanol–water partition coefficient (Wildman–Crippen LogP) is 3.02. The maximum Gasteiger partial charge on any atom is 0.338 e. The number of benzene rings is 1. The Labute approximate surface area is 142 Å². The second kappa shape index (κ2) is 9.35. The molecule has 1 unspecified atom stereocenters. The molecule has 0 saturated heterocycles. The Morgan fingerprint density at radius 2 is 1.96 bits per heavy atom. The number of furan rings is 1. The molecule has 2 aromatic rings. The monoisotopic (exact) mass is 339 g/mol. The summed E-state index contributed by atoms with van der Waals surface area (Å²) in [6, 6.07) is 10.9. The lowest BCUT2D eigenvalue weighted by molar-refractivity contribution is 0.0526. The SMILES string of the molecule is CCOC(=O)c1ccc(-c2ccc(CNCC(C)O)o2)cc1.Cl. The van der Waals surface area contributed by atoms with Gasteiger partial charge >= 0.3 is 5.97 Å². The van der Waals surface area contributed by atoms with Crippen molar-refractivity contribution in [2.24, 2.45) is 0 Å². The normalized spacial score (nSPS) is 11.6. The first kappa shape index (κ1) is 19.2. The molecule has 1 aromatic heterocycles. The van der Waals surface area contributed by atoms with Gasteiger partial charge in [0.15, 0.2) is 0 Å². The van der Waals surface area contributed by atoms with Crippen molar-refractivity contribution in [2.75, 3.05) is 13.2 Å². The van der Waals surface area contributed by atoms with Gasteiger partial charge in [0.1, 0.15) is 11.5 Å². The molecule has 2 rings (SSSR count). The number of carbonyl (C=O) groups excluding carboxylic acids is 1. The maximum atomic E-state index is 11.6. The van der Waals surface area contributed by atoms with Crippen LogP contribution < -0.4 is 5.32 Å². The fraction of sp³-hybridized carbons (Fsp3) is 0.353. The molecule has 0 spiro atoms. The third kappa shape index (κ3) is 5.71. The van der Waals surface area contributed by atoms with Gasteiger partial charge in [0, 0.05) is 12.1 Å². The number of nitrogens with one attached hydrogen (secondary N) is 1. The van der Waals surface area contributed by atoms with E-state index in [4.69, 9.17) is 9.15 Å². The van der Waals surface area contributed by atoms with Crippen molar-refractivity contribution in [3.05, 3.63) is 47.7 Å². The first-order valence-electron chi connectivity index (χ1n) is 7.35. The van der Waals surface area contributed by atoms with Gasteiger partial charge in [0.2, 0.25) is 0 Å². The number of ether oxygens (including phenoxy) is 1. The summed E-state index contributed by atoms with van der Waals surface area (Å²) in [5.74, 6) is 1.21. The number of halogens is 1. The van der Waals surface area contributed by atoms with Gasteiger partial charge < -0.3 is 19.6 Å². The van der Waals surface area contributed by atoms with E-state index in [0.717, 1.165) is 17.1 Å². The third-order valence-corrected chi connectivity index (χ3v) is 3.08. The van der Waals surface area contributed by atoms with Crippen molar-refractivity contribution in [3.63, 3.8) is 0 Å². The second-order valence-electron chi connectivity index (χ2n) is 5.04. The van der Waals surface area contributed by atoms with Crippen LogP contribution in [0.3, 0.4) is 0 Å². The van der Waals surface area contributed by atoms with Crippen LogP contribution in [0, 0.1) is 0 Å². The van der Waals surface area contributed by atoms with E-state index in [1.165, 1.54) is 0 Å². The highest BCUT2D eigenvalue weighted by molar-refractivity contribution is 5.89. The molecule has 0 aliphatic heterocycles. The predicted molar refractivity (Wildman–Crippen MR) is 90.7 cm³/mol. The molecule has 126 valence electrons. The van der Waals surface area contributed by atoms with Crippen LogP contribution in [-0.2, 0) is 11.3 Å². The highest BCUT2D eigenvalue weighted by Gasteiger charge is 2.09. The van der Waals surface area contributed by atoms with E-state index < -0.39 is 0 Å². The standard InChI is InChI=1S/C17H21NO4.ClH/c1-3-21-17(20)14-6-4-13(5-7-14)16-9-8-15(22-16)11-18-10-12(2)19;/h4-9,12,18-19H,3,10-11H2,1-2H3;1H. The van der Waals surface area contributed by atoms with Crippen molar-refractivity contribution in [3.8, 4) is 11.3 Å². The largest absolute Gasteiger partial charge is 0.462 e. The van der Waals surface area contributed by atoms with Gasteiger partial charge in [0.25, 0.3) is 0 Å². The Hall–Kier alpha value is -1.82. The maximum absolute atomic E-state index is 11.6. The first-order valence-corrected chi connectivity index (χ1v) is 7.35. The smallest absolute Gasteiger partial charge is 0.338 e. The van der Waals surface area contributed by atoms with Gasteiger partial charge in [-0.2, -0.15) is 0 Å². The summed E-state index contributed by atoms with van der Waals surface area (Å²) >= 11 is 0. The number of aliphatic hydroxyl groups is 1. The minimum absolute atomic E-state index is 0. The molecule has 2 N–H and O–H groups in total. The topological polar surface area (TPSA) is 71.7 Å². The fourth-order valence-electron chi connectivity index (χ4n) is 2.02. The van der Waals surface area contributed by atoms with E-state index in [-0.39, 0.29) is 24.5 Å². The molecular weight excluding hydrogens is 318 g/mol. The van der Waals surface area contributed by atoms with Crippen molar-refractivity contribution in [2.45, 2.75) is 26.5 Å². The molecule has 0 aliphatic rings. The van der Waals surface area contributed by atoms with E-state index in [0.29, 0.717) is 25.3 Å². The highest BCUT2D eigenvalue weighted by Crippen LogP contribution is 2.22. The van der Waals surface area contributed by atoms with Crippen molar-refractivity contribution in [1.29, 1.82) is 0 Å². The molecule has 23 heavy (non-hydrogen) atoms. The lowest BCUT2D eigenvalue weighted by Crippen LogP contribution is -2.23. The van der Waals surface area contributed by atoms with E-state index in [9.17, 15) is 9.90 Å². The number of aliphatic hydroxyl groups excluding tert-OH is 1. The average Bonchev–Trinajstić information content (AvgIpc) is 2.96. The number of carbonyl (C=O) groups is 1. The molecular formula is C17H22ClNO4. The van der Waals surface area contributed by atoms with Gasteiger partial charge in [-0.05, 0) is 38.1 Å². The molecule has 1 atom stereocenters. The Morgan fingerprint density at radius 3 is 2.57 bits per heavy atom. The van der Waals surface area contributed by atoms with Crippen LogP contribution in [-0.4, -0.2) is 30.3 Å². The van der Waals surface area contributed by atoms with Crippen LogP contribution in [0.2, 0.25) is 0 Å². The number of esters is 1. The van der Waals surface area contributed by atoms with Crippen molar-refractivity contribution in [1.82, 2.24) is 5.32 Å². The van der Waals surface area contributed by atoms with E-state index in [1.54, 1.807) is 26.0 Å². The zero-order valence-corrected chi connectivity index (χ0v) is 14.1. The summed E-state index contributed by atoms with van der Waals surface area (Å²) in [6.07, 6.45) is -0.384. The molecule has 6 heteroatoms. The minimum Gasteiger partial charge on any atom is -0.462 e. The highest BCUT2D eigenvalue weighted by atomic mass is 35.5. The Balaban J connectivity index is 0.00000264. The molecule has 1 heterocycles. The summed E-state index contributed by atoms with van der Waals surface area (Å²) in [6.45, 7) is 4.95. The van der Waals surface area contributed by atoms with Gasteiger partial charge in [-0.15, -0.1) is 12.4 Å². The summed E-state index contributed by atoms with van der Waals surface area (Å²) in [7, 11) is 0. The van der Waals surface area contributed by atoms with Gasteiger partial charge in [-0.3, -0.25) is 0 Å². The van der Waals surface area contributed by atoms with Crippen LogP contribution in [0.25, 0.3) is 11.3 Å². The van der Waals surface area contributed by atoms with E-state index >= 15 is 0 Å². The van der Waals surface area contributed by atoms with Crippen LogP contribution in [0.15, 0.2) is 40.8 Å².